The van der Waals surface area contributed by atoms with E-state index in [0.29, 0.717) is 16.3 Å². The van der Waals surface area contributed by atoms with Crippen molar-refractivity contribution in [2.24, 2.45) is 0 Å². The summed E-state index contributed by atoms with van der Waals surface area (Å²) in [6, 6.07) is 19.1. The van der Waals surface area contributed by atoms with Gasteiger partial charge in [0.25, 0.3) is 10.0 Å². The fourth-order valence-electron chi connectivity index (χ4n) is 4.68. The van der Waals surface area contributed by atoms with Gasteiger partial charge in [-0.25, -0.2) is 12.7 Å². The Hall–Kier alpha value is -3.05. The Morgan fingerprint density at radius 3 is 2.35 bits per heavy atom. The number of benzene rings is 3. The molecule has 0 aromatic heterocycles. The number of sulfonamides is 1. The molecule has 31 heavy (non-hydrogen) atoms. The van der Waals surface area contributed by atoms with Crippen molar-refractivity contribution < 1.29 is 8.42 Å². The van der Waals surface area contributed by atoms with Crippen molar-refractivity contribution in [3.8, 4) is 0 Å². The first-order valence-electron chi connectivity index (χ1n) is 10.8. The molecule has 0 unspecified atom stereocenters. The molecule has 1 saturated heterocycles. The Kier molecular flexibility index (Phi) is 5.06. The lowest BCUT2D eigenvalue weighted by atomic mass is 10.1. The summed E-state index contributed by atoms with van der Waals surface area (Å²) in [7, 11) is -3.82. The summed E-state index contributed by atoms with van der Waals surface area (Å²) in [5, 5.41) is 1.66. The molecule has 5 heteroatoms. The van der Waals surface area contributed by atoms with E-state index in [4.69, 9.17) is 0 Å². The SMILES string of the molecule is CC1=CC=Cc2c(N3CCCCC3)cccc2N1S(=O)(=O)c1cccc2ccccc12. The van der Waals surface area contributed by atoms with Gasteiger partial charge in [-0.2, -0.15) is 0 Å². The zero-order valence-electron chi connectivity index (χ0n) is 17.7. The molecule has 0 atom stereocenters. The number of hydrogen-bond donors (Lipinski definition) is 0. The third kappa shape index (κ3) is 3.43. The zero-order chi connectivity index (χ0) is 21.4. The topological polar surface area (TPSA) is 40.6 Å². The number of nitrogens with zero attached hydrogens (tertiary/aromatic N) is 2. The van der Waals surface area contributed by atoms with Gasteiger partial charge in [0.15, 0.2) is 0 Å². The summed E-state index contributed by atoms with van der Waals surface area (Å²) in [5.41, 5.74) is 3.45. The first-order valence-corrected chi connectivity index (χ1v) is 12.3. The van der Waals surface area contributed by atoms with Crippen LogP contribution in [0.2, 0.25) is 0 Å². The van der Waals surface area contributed by atoms with Crippen molar-refractivity contribution in [2.45, 2.75) is 31.1 Å². The minimum absolute atomic E-state index is 0.328. The lowest BCUT2D eigenvalue weighted by Crippen LogP contribution is -2.32. The normalized spacial score (nSPS) is 16.7. The van der Waals surface area contributed by atoms with Gasteiger partial charge >= 0.3 is 0 Å². The van der Waals surface area contributed by atoms with E-state index in [2.05, 4.69) is 11.0 Å². The van der Waals surface area contributed by atoms with Crippen molar-refractivity contribution in [2.75, 3.05) is 22.3 Å². The van der Waals surface area contributed by atoms with Crippen LogP contribution in [0.1, 0.15) is 31.7 Å². The van der Waals surface area contributed by atoms with Crippen LogP contribution >= 0.6 is 0 Å². The predicted molar refractivity (Wildman–Crippen MR) is 129 cm³/mol. The molecular formula is C26H26N2O2S. The Labute approximate surface area is 184 Å². The summed E-state index contributed by atoms with van der Waals surface area (Å²) in [6.07, 6.45) is 9.47. The van der Waals surface area contributed by atoms with Gasteiger partial charge in [-0.15, -0.1) is 0 Å². The van der Waals surface area contributed by atoms with Crippen LogP contribution in [0, 0.1) is 0 Å². The van der Waals surface area contributed by atoms with Crippen molar-refractivity contribution in [1.29, 1.82) is 0 Å². The van der Waals surface area contributed by atoms with Crippen molar-refractivity contribution in [1.82, 2.24) is 0 Å². The zero-order valence-corrected chi connectivity index (χ0v) is 18.5. The highest BCUT2D eigenvalue weighted by Gasteiger charge is 2.31. The van der Waals surface area contributed by atoms with Gasteiger partial charge in [0.05, 0.1) is 10.6 Å². The van der Waals surface area contributed by atoms with Crippen LogP contribution in [0.15, 0.2) is 83.4 Å². The van der Waals surface area contributed by atoms with E-state index < -0.39 is 10.0 Å². The molecule has 2 aliphatic rings. The molecule has 0 radical (unpaired) electrons. The summed E-state index contributed by atoms with van der Waals surface area (Å²) in [5.74, 6) is 0. The standard InChI is InChI=1S/C26H26N2O2S/c1-20-10-7-14-23-24(27-18-5-2-6-19-27)15-9-16-25(23)28(20)31(29,30)26-17-8-12-21-11-3-4-13-22(21)26/h3-4,7-17H,2,5-6,18-19H2,1H3. The molecule has 4 nitrogen and oxygen atoms in total. The molecule has 3 aromatic carbocycles. The molecular weight excluding hydrogens is 404 g/mol. The van der Waals surface area contributed by atoms with Crippen LogP contribution in [-0.2, 0) is 10.0 Å². The molecule has 3 aromatic rings. The molecule has 1 fully saturated rings. The Morgan fingerprint density at radius 1 is 0.806 bits per heavy atom. The number of rotatable bonds is 3. The molecule has 0 spiro atoms. The fourth-order valence-corrected chi connectivity index (χ4v) is 6.45. The van der Waals surface area contributed by atoms with Crippen LogP contribution in [-0.4, -0.2) is 21.5 Å². The van der Waals surface area contributed by atoms with Gasteiger partial charge in [-0.1, -0.05) is 54.6 Å². The monoisotopic (exact) mass is 430 g/mol. The van der Waals surface area contributed by atoms with E-state index in [1.54, 1.807) is 6.07 Å². The Balaban J connectivity index is 1.70. The highest BCUT2D eigenvalue weighted by Crippen LogP contribution is 2.40. The molecule has 0 amide bonds. The summed E-state index contributed by atoms with van der Waals surface area (Å²) >= 11 is 0. The van der Waals surface area contributed by atoms with Gasteiger partial charge in [-0.05, 0) is 55.8 Å². The third-order valence-corrected chi connectivity index (χ3v) is 8.04. The van der Waals surface area contributed by atoms with E-state index in [-0.39, 0.29) is 0 Å². The van der Waals surface area contributed by atoms with Crippen molar-refractivity contribution in [3.63, 3.8) is 0 Å². The summed E-state index contributed by atoms with van der Waals surface area (Å²) in [4.78, 5) is 2.71. The molecule has 0 bridgehead atoms. The van der Waals surface area contributed by atoms with E-state index in [1.165, 1.54) is 23.6 Å². The van der Waals surface area contributed by atoms with Crippen LogP contribution < -0.4 is 9.21 Å². The molecule has 5 rings (SSSR count). The number of hydrogen-bond acceptors (Lipinski definition) is 3. The highest BCUT2D eigenvalue weighted by atomic mass is 32.2. The second-order valence-corrected chi connectivity index (χ2v) is 9.93. The number of piperidine rings is 1. The van der Waals surface area contributed by atoms with Crippen molar-refractivity contribution in [3.05, 3.63) is 84.1 Å². The van der Waals surface area contributed by atoms with Gasteiger partial charge in [0.1, 0.15) is 0 Å². The average molecular weight is 431 g/mol. The van der Waals surface area contributed by atoms with Gasteiger partial charge < -0.3 is 4.90 Å². The van der Waals surface area contributed by atoms with Crippen LogP contribution in [0.5, 0.6) is 0 Å². The molecule has 158 valence electrons. The Bertz CT molecular complexity index is 1300. The molecule has 0 saturated carbocycles. The molecule has 0 aliphatic carbocycles. The largest absolute Gasteiger partial charge is 0.371 e. The molecule has 0 N–H and O–H groups in total. The number of fused-ring (bicyclic) bond motifs is 2. The summed E-state index contributed by atoms with van der Waals surface area (Å²) in [6.45, 7) is 3.87. The number of anilines is 2. The predicted octanol–water partition coefficient (Wildman–Crippen LogP) is 5.96. The Morgan fingerprint density at radius 2 is 1.52 bits per heavy atom. The van der Waals surface area contributed by atoms with Crippen LogP contribution in [0.3, 0.4) is 0 Å². The maximum atomic E-state index is 14.1. The lowest BCUT2D eigenvalue weighted by Gasteiger charge is -2.32. The van der Waals surface area contributed by atoms with E-state index in [0.717, 1.165) is 35.1 Å². The van der Waals surface area contributed by atoms with E-state index >= 15 is 0 Å². The second-order valence-electron chi connectivity index (χ2n) is 8.17. The highest BCUT2D eigenvalue weighted by molar-refractivity contribution is 7.93. The first kappa shape index (κ1) is 19.9. The quantitative estimate of drug-likeness (QED) is 0.515. The van der Waals surface area contributed by atoms with E-state index in [1.807, 2.05) is 73.7 Å². The third-order valence-electron chi connectivity index (χ3n) is 6.16. The molecule has 2 heterocycles. The van der Waals surface area contributed by atoms with Gasteiger partial charge in [0, 0.05) is 35.4 Å². The lowest BCUT2D eigenvalue weighted by molar-refractivity contribution is 0.577. The minimum Gasteiger partial charge on any atom is -0.371 e. The van der Waals surface area contributed by atoms with E-state index in [9.17, 15) is 8.42 Å². The second kappa shape index (κ2) is 7.89. The first-order chi connectivity index (χ1) is 15.1. The van der Waals surface area contributed by atoms with Crippen LogP contribution in [0.4, 0.5) is 11.4 Å². The van der Waals surface area contributed by atoms with Crippen LogP contribution in [0.25, 0.3) is 16.8 Å². The number of allylic oxidation sites excluding steroid dienone is 3. The van der Waals surface area contributed by atoms with Gasteiger partial charge in [0.2, 0.25) is 0 Å². The smallest absolute Gasteiger partial charge is 0.269 e. The molecule has 2 aliphatic heterocycles. The minimum atomic E-state index is -3.82. The fraction of sp³-hybridized carbons (Fsp3) is 0.231. The maximum Gasteiger partial charge on any atom is 0.269 e. The van der Waals surface area contributed by atoms with Crippen molar-refractivity contribution >= 4 is 38.2 Å². The summed E-state index contributed by atoms with van der Waals surface area (Å²) < 4.78 is 29.6. The van der Waals surface area contributed by atoms with Gasteiger partial charge in [-0.3, -0.25) is 0 Å². The maximum absolute atomic E-state index is 14.1. The average Bonchev–Trinajstić information content (AvgIpc) is 2.97.